The Balaban J connectivity index is 2.51. The SMILES string of the molecule is COC[C@H](NC(=O)O)C(=O)N1CCN(CC(C)(C)F)CC1. The maximum atomic E-state index is 13.6. The zero-order chi connectivity index (χ0) is 16.0. The van der Waals surface area contributed by atoms with Gasteiger partial charge in [0.05, 0.1) is 6.61 Å². The summed E-state index contributed by atoms with van der Waals surface area (Å²) in [4.78, 5) is 26.5. The monoisotopic (exact) mass is 305 g/mol. The number of piperazine rings is 1. The summed E-state index contributed by atoms with van der Waals surface area (Å²) in [6.07, 6.45) is -1.26. The smallest absolute Gasteiger partial charge is 0.405 e. The van der Waals surface area contributed by atoms with E-state index in [9.17, 15) is 14.0 Å². The minimum absolute atomic E-state index is 0.0111. The number of nitrogens with zero attached hydrogens (tertiary/aromatic N) is 2. The van der Waals surface area contributed by atoms with E-state index in [-0.39, 0.29) is 12.5 Å². The lowest BCUT2D eigenvalue weighted by Gasteiger charge is -2.37. The minimum Gasteiger partial charge on any atom is -0.465 e. The molecule has 1 saturated heterocycles. The summed E-state index contributed by atoms with van der Waals surface area (Å²) >= 11 is 0. The normalized spacial score (nSPS) is 18.4. The van der Waals surface area contributed by atoms with Gasteiger partial charge < -0.3 is 20.1 Å². The number of hydrogen-bond acceptors (Lipinski definition) is 4. The lowest BCUT2D eigenvalue weighted by molar-refractivity contribution is -0.136. The Kier molecular flexibility index (Phi) is 6.35. The molecule has 0 aliphatic carbocycles. The molecule has 0 radical (unpaired) electrons. The van der Waals surface area contributed by atoms with E-state index in [1.165, 1.54) is 21.0 Å². The number of ether oxygens (including phenoxy) is 1. The average Bonchev–Trinajstić information content (AvgIpc) is 2.36. The molecule has 8 heteroatoms. The second kappa shape index (κ2) is 7.56. The van der Waals surface area contributed by atoms with Crippen molar-refractivity contribution in [3.05, 3.63) is 0 Å². The van der Waals surface area contributed by atoms with Crippen LogP contribution >= 0.6 is 0 Å². The molecule has 122 valence electrons. The van der Waals surface area contributed by atoms with Crippen LogP contribution in [0.15, 0.2) is 0 Å². The first kappa shape index (κ1) is 17.6. The van der Waals surface area contributed by atoms with E-state index in [0.29, 0.717) is 32.7 Å². The van der Waals surface area contributed by atoms with Crippen LogP contribution in [-0.2, 0) is 9.53 Å². The molecule has 1 fully saturated rings. The molecule has 0 unspecified atom stereocenters. The summed E-state index contributed by atoms with van der Waals surface area (Å²) < 4.78 is 18.5. The van der Waals surface area contributed by atoms with Crippen LogP contribution in [0.25, 0.3) is 0 Å². The van der Waals surface area contributed by atoms with Crippen molar-refractivity contribution in [3.63, 3.8) is 0 Å². The molecule has 1 aliphatic rings. The van der Waals surface area contributed by atoms with E-state index in [2.05, 4.69) is 5.32 Å². The van der Waals surface area contributed by atoms with Crippen LogP contribution in [-0.4, -0.2) is 85.1 Å². The fourth-order valence-corrected chi connectivity index (χ4v) is 2.37. The van der Waals surface area contributed by atoms with Crippen LogP contribution in [0.2, 0.25) is 0 Å². The van der Waals surface area contributed by atoms with Gasteiger partial charge in [-0.05, 0) is 13.8 Å². The first-order chi connectivity index (χ1) is 9.73. The van der Waals surface area contributed by atoms with E-state index in [0.717, 1.165) is 0 Å². The van der Waals surface area contributed by atoms with Gasteiger partial charge in [0.15, 0.2) is 0 Å². The first-order valence-electron chi connectivity index (χ1n) is 6.91. The zero-order valence-electron chi connectivity index (χ0n) is 12.8. The maximum Gasteiger partial charge on any atom is 0.405 e. The highest BCUT2D eigenvalue weighted by atomic mass is 19.1. The molecular weight excluding hydrogens is 281 g/mol. The van der Waals surface area contributed by atoms with E-state index in [4.69, 9.17) is 9.84 Å². The highest BCUT2D eigenvalue weighted by Crippen LogP contribution is 2.13. The van der Waals surface area contributed by atoms with Crippen molar-refractivity contribution >= 4 is 12.0 Å². The molecule has 2 amide bonds. The van der Waals surface area contributed by atoms with Crippen molar-refractivity contribution in [2.75, 3.05) is 46.4 Å². The maximum absolute atomic E-state index is 13.6. The second-order valence-electron chi connectivity index (χ2n) is 5.78. The number of nitrogens with one attached hydrogen (secondary N) is 1. The molecule has 0 spiro atoms. The molecule has 1 heterocycles. The lowest BCUT2D eigenvalue weighted by Crippen LogP contribution is -2.57. The molecule has 0 aromatic rings. The van der Waals surface area contributed by atoms with Gasteiger partial charge in [0.2, 0.25) is 5.91 Å². The molecule has 0 bridgehead atoms. The third-order valence-corrected chi connectivity index (χ3v) is 3.21. The molecule has 1 rings (SSSR count). The van der Waals surface area contributed by atoms with Gasteiger partial charge in [0, 0.05) is 39.8 Å². The number of amides is 2. The topological polar surface area (TPSA) is 82.1 Å². The number of carbonyl (C=O) groups is 2. The number of carbonyl (C=O) groups excluding carboxylic acids is 1. The van der Waals surface area contributed by atoms with Crippen LogP contribution in [0.5, 0.6) is 0 Å². The van der Waals surface area contributed by atoms with Crippen molar-refractivity contribution in [1.82, 2.24) is 15.1 Å². The Hall–Kier alpha value is -1.41. The Morgan fingerprint density at radius 2 is 1.90 bits per heavy atom. The van der Waals surface area contributed by atoms with Gasteiger partial charge in [-0.3, -0.25) is 9.69 Å². The molecular formula is C13H24FN3O4. The lowest BCUT2D eigenvalue weighted by atomic mass is 10.1. The van der Waals surface area contributed by atoms with Crippen molar-refractivity contribution in [2.45, 2.75) is 25.6 Å². The van der Waals surface area contributed by atoms with Gasteiger partial charge in [0.1, 0.15) is 11.7 Å². The number of rotatable bonds is 6. The fraction of sp³-hybridized carbons (Fsp3) is 0.846. The largest absolute Gasteiger partial charge is 0.465 e. The van der Waals surface area contributed by atoms with Gasteiger partial charge in [-0.2, -0.15) is 0 Å². The number of carboxylic acid groups (broad SMARTS) is 1. The standard InChI is InChI=1S/C13H24FN3O4/c1-13(2,14)9-16-4-6-17(7-5-16)11(18)10(8-21-3)15-12(19)20/h10,15H,4-9H2,1-3H3,(H,19,20)/t10-/m0/s1. The Morgan fingerprint density at radius 1 is 1.33 bits per heavy atom. The third-order valence-electron chi connectivity index (χ3n) is 3.21. The van der Waals surface area contributed by atoms with E-state index in [1.54, 1.807) is 4.90 Å². The highest BCUT2D eigenvalue weighted by molar-refractivity contribution is 5.85. The van der Waals surface area contributed by atoms with Crippen LogP contribution in [0, 0.1) is 0 Å². The predicted molar refractivity (Wildman–Crippen MR) is 75.0 cm³/mol. The molecule has 0 saturated carbocycles. The van der Waals surface area contributed by atoms with E-state index < -0.39 is 17.8 Å². The summed E-state index contributed by atoms with van der Waals surface area (Å²) in [7, 11) is 1.41. The number of methoxy groups -OCH3 is 1. The molecule has 0 aromatic heterocycles. The van der Waals surface area contributed by atoms with Crippen molar-refractivity contribution in [1.29, 1.82) is 0 Å². The highest BCUT2D eigenvalue weighted by Gasteiger charge is 2.30. The van der Waals surface area contributed by atoms with Crippen LogP contribution < -0.4 is 5.32 Å². The van der Waals surface area contributed by atoms with Crippen molar-refractivity contribution < 1.29 is 23.8 Å². The molecule has 1 aliphatic heterocycles. The van der Waals surface area contributed by atoms with Gasteiger partial charge in [-0.1, -0.05) is 0 Å². The van der Waals surface area contributed by atoms with Gasteiger partial charge in [-0.25, -0.2) is 9.18 Å². The summed E-state index contributed by atoms with van der Waals surface area (Å²) in [5, 5.41) is 10.9. The summed E-state index contributed by atoms with van der Waals surface area (Å²) in [6, 6.07) is -0.906. The zero-order valence-corrected chi connectivity index (χ0v) is 12.8. The van der Waals surface area contributed by atoms with E-state index in [1.807, 2.05) is 4.90 Å². The van der Waals surface area contributed by atoms with Crippen molar-refractivity contribution in [3.8, 4) is 0 Å². The molecule has 1 atom stereocenters. The summed E-state index contributed by atoms with van der Waals surface area (Å²) in [6.45, 7) is 5.42. The van der Waals surface area contributed by atoms with Gasteiger partial charge >= 0.3 is 6.09 Å². The quantitative estimate of drug-likeness (QED) is 0.730. The predicted octanol–water partition coefficient (Wildman–Crippen LogP) is 0.161. The van der Waals surface area contributed by atoms with Crippen LogP contribution in [0.3, 0.4) is 0 Å². The van der Waals surface area contributed by atoms with Crippen molar-refractivity contribution in [2.24, 2.45) is 0 Å². The Bertz CT molecular complexity index is 365. The second-order valence-corrected chi connectivity index (χ2v) is 5.78. The fourth-order valence-electron chi connectivity index (χ4n) is 2.37. The average molecular weight is 305 g/mol. The number of alkyl halides is 1. The molecule has 21 heavy (non-hydrogen) atoms. The van der Waals surface area contributed by atoms with Crippen LogP contribution in [0.4, 0.5) is 9.18 Å². The number of hydrogen-bond donors (Lipinski definition) is 2. The van der Waals surface area contributed by atoms with Gasteiger partial charge in [-0.15, -0.1) is 0 Å². The molecule has 7 nitrogen and oxygen atoms in total. The minimum atomic E-state index is -1.27. The molecule has 0 aromatic carbocycles. The third kappa shape index (κ3) is 6.26. The van der Waals surface area contributed by atoms with E-state index >= 15 is 0 Å². The Morgan fingerprint density at radius 3 is 2.33 bits per heavy atom. The summed E-state index contributed by atoms with van der Waals surface area (Å²) in [5.74, 6) is -0.307. The Labute approximate surface area is 124 Å². The molecule has 2 N–H and O–H groups in total. The summed E-state index contributed by atoms with van der Waals surface area (Å²) in [5.41, 5.74) is -1.27. The first-order valence-corrected chi connectivity index (χ1v) is 6.91. The van der Waals surface area contributed by atoms with Gasteiger partial charge in [0.25, 0.3) is 0 Å². The van der Waals surface area contributed by atoms with Crippen LogP contribution in [0.1, 0.15) is 13.8 Å². The number of halogens is 1.